The van der Waals surface area contributed by atoms with Crippen LogP contribution in [0.5, 0.6) is 0 Å². The van der Waals surface area contributed by atoms with Crippen LogP contribution in [0.15, 0.2) is 0 Å². The maximum absolute atomic E-state index is 12.0. The molecule has 3 unspecified atom stereocenters. The lowest BCUT2D eigenvalue weighted by atomic mass is 9.94. The number of rotatable bonds is 7. The van der Waals surface area contributed by atoms with Gasteiger partial charge in [-0.15, -0.1) is 0 Å². The van der Waals surface area contributed by atoms with Crippen molar-refractivity contribution in [3.05, 3.63) is 0 Å². The molecule has 106 valence electrons. The summed E-state index contributed by atoms with van der Waals surface area (Å²) in [4.78, 5) is 12.0. The van der Waals surface area contributed by atoms with E-state index in [1.54, 1.807) is 0 Å². The first kappa shape index (κ1) is 15.5. The third kappa shape index (κ3) is 5.85. The van der Waals surface area contributed by atoms with E-state index in [9.17, 15) is 4.79 Å². The molecule has 0 saturated carbocycles. The van der Waals surface area contributed by atoms with Crippen LogP contribution >= 0.6 is 0 Å². The van der Waals surface area contributed by atoms with Crippen LogP contribution in [-0.2, 0) is 9.53 Å². The van der Waals surface area contributed by atoms with Crippen molar-refractivity contribution in [1.82, 2.24) is 5.32 Å². The van der Waals surface area contributed by atoms with Gasteiger partial charge < -0.3 is 10.1 Å². The van der Waals surface area contributed by atoms with E-state index in [1.165, 1.54) is 19.3 Å². The number of carbonyl (C=O) groups is 1. The standard InChI is InChI=1S/C15H29NO2/c1-4-5-6-7-8-13(3)18-15(17)14-11-12(2)9-10-16-14/h12-14,16H,4-11H2,1-3H3. The summed E-state index contributed by atoms with van der Waals surface area (Å²) in [6, 6.07) is -0.0770. The van der Waals surface area contributed by atoms with E-state index < -0.39 is 0 Å². The summed E-state index contributed by atoms with van der Waals surface area (Å²) in [5.41, 5.74) is 0. The summed E-state index contributed by atoms with van der Waals surface area (Å²) in [5.74, 6) is 0.577. The Labute approximate surface area is 112 Å². The minimum absolute atomic E-state index is 0.0514. The molecule has 1 aliphatic rings. The van der Waals surface area contributed by atoms with Crippen LogP contribution in [-0.4, -0.2) is 24.7 Å². The van der Waals surface area contributed by atoms with Crippen molar-refractivity contribution in [3.8, 4) is 0 Å². The van der Waals surface area contributed by atoms with Crippen molar-refractivity contribution in [1.29, 1.82) is 0 Å². The number of ether oxygens (including phenoxy) is 1. The van der Waals surface area contributed by atoms with E-state index in [0.29, 0.717) is 5.92 Å². The van der Waals surface area contributed by atoms with Crippen molar-refractivity contribution in [3.63, 3.8) is 0 Å². The molecule has 1 saturated heterocycles. The Morgan fingerprint density at radius 1 is 1.39 bits per heavy atom. The monoisotopic (exact) mass is 255 g/mol. The van der Waals surface area contributed by atoms with Gasteiger partial charge in [-0.2, -0.15) is 0 Å². The van der Waals surface area contributed by atoms with Crippen LogP contribution in [0.1, 0.15) is 65.7 Å². The molecule has 3 nitrogen and oxygen atoms in total. The van der Waals surface area contributed by atoms with Gasteiger partial charge in [0, 0.05) is 0 Å². The van der Waals surface area contributed by atoms with E-state index in [0.717, 1.165) is 32.2 Å². The molecule has 0 aliphatic carbocycles. The molecule has 0 aromatic carbocycles. The van der Waals surface area contributed by atoms with Gasteiger partial charge in [-0.1, -0.05) is 33.1 Å². The molecule has 18 heavy (non-hydrogen) atoms. The molecule has 1 N–H and O–H groups in total. The van der Waals surface area contributed by atoms with Crippen LogP contribution in [0.25, 0.3) is 0 Å². The number of hydrogen-bond acceptors (Lipinski definition) is 3. The second kappa shape index (κ2) is 8.52. The molecule has 3 heteroatoms. The first-order chi connectivity index (χ1) is 8.63. The van der Waals surface area contributed by atoms with E-state index in [2.05, 4.69) is 19.2 Å². The van der Waals surface area contributed by atoms with Gasteiger partial charge in [0.25, 0.3) is 0 Å². The molecule has 0 radical (unpaired) electrons. The Bertz CT molecular complexity index is 243. The Balaban J connectivity index is 2.17. The topological polar surface area (TPSA) is 38.3 Å². The molecule has 0 amide bonds. The molecule has 0 aromatic heterocycles. The molecule has 1 aliphatic heterocycles. The van der Waals surface area contributed by atoms with Crippen LogP contribution in [0, 0.1) is 5.92 Å². The predicted octanol–water partition coefficient (Wildman–Crippen LogP) is 3.28. The average Bonchev–Trinajstić information content (AvgIpc) is 2.34. The van der Waals surface area contributed by atoms with Gasteiger partial charge in [0.2, 0.25) is 0 Å². The highest BCUT2D eigenvalue weighted by atomic mass is 16.5. The third-order valence-electron chi connectivity index (χ3n) is 3.73. The number of piperidine rings is 1. The highest BCUT2D eigenvalue weighted by molar-refractivity contribution is 5.76. The number of carbonyl (C=O) groups excluding carboxylic acids is 1. The van der Waals surface area contributed by atoms with Gasteiger partial charge in [0.05, 0.1) is 6.10 Å². The van der Waals surface area contributed by atoms with Crippen LogP contribution in [0.2, 0.25) is 0 Å². The molecule has 1 fully saturated rings. The predicted molar refractivity (Wildman–Crippen MR) is 74.5 cm³/mol. The SMILES string of the molecule is CCCCCCC(C)OC(=O)C1CC(C)CCN1. The zero-order valence-corrected chi connectivity index (χ0v) is 12.2. The summed E-state index contributed by atoms with van der Waals surface area (Å²) < 4.78 is 5.52. The molecular weight excluding hydrogens is 226 g/mol. The third-order valence-corrected chi connectivity index (χ3v) is 3.73. The Kier molecular flexibility index (Phi) is 7.33. The second-order valence-electron chi connectivity index (χ2n) is 5.73. The van der Waals surface area contributed by atoms with Crippen LogP contribution < -0.4 is 5.32 Å². The van der Waals surface area contributed by atoms with E-state index in [4.69, 9.17) is 4.74 Å². The molecular formula is C15H29NO2. The molecule has 0 aromatic rings. The number of hydrogen-bond donors (Lipinski definition) is 1. The largest absolute Gasteiger partial charge is 0.462 e. The van der Waals surface area contributed by atoms with Crippen molar-refractivity contribution in [2.45, 2.75) is 77.9 Å². The van der Waals surface area contributed by atoms with E-state index in [1.807, 2.05) is 6.92 Å². The number of unbranched alkanes of at least 4 members (excludes halogenated alkanes) is 3. The fourth-order valence-corrected chi connectivity index (χ4v) is 2.48. The van der Waals surface area contributed by atoms with Crippen LogP contribution in [0.3, 0.4) is 0 Å². The summed E-state index contributed by atoms with van der Waals surface area (Å²) in [6.07, 6.45) is 8.08. The fourth-order valence-electron chi connectivity index (χ4n) is 2.48. The lowest BCUT2D eigenvalue weighted by Crippen LogP contribution is -2.44. The first-order valence-corrected chi connectivity index (χ1v) is 7.57. The molecule has 0 bridgehead atoms. The van der Waals surface area contributed by atoms with Gasteiger partial charge in [0.15, 0.2) is 0 Å². The molecule has 1 heterocycles. The normalized spacial score (nSPS) is 25.7. The Hall–Kier alpha value is -0.570. The highest BCUT2D eigenvalue weighted by Gasteiger charge is 2.26. The van der Waals surface area contributed by atoms with Crippen LogP contribution in [0.4, 0.5) is 0 Å². The Morgan fingerprint density at radius 3 is 2.83 bits per heavy atom. The lowest BCUT2D eigenvalue weighted by molar-refractivity contribution is -0.152. The molecule has 0 spiro atoms. The number of esters is 1. The summed E-state index contributed by atoms with van der Waals surface area (Å²) in [5, 5.41) is 3.26. The van der Waals surface area contributed by atoms with Crippen molar-refractivity contribution < 1.29 is 9.53 Å². The number of nitrogens with one attached hydrogen (secondary N) is 1. The van der Waals surface area contributed by atoms with Gasteiger partial charge >= 0.3 is 5.97 Å². The maximum atomic E-state index is 12.0. The van der Waals surface area contributed by atoms with Gasteiger partial charge in [-0.05, 0) is 45.1 Å². The summed E-state index contributed by atoms with van der Waals surface area (Å²) in [7, 11) is 0. The van der Waals surface area contributed by atoms with Crippen molar-refractivity contribution in [2.24, 2.45) is 5.92 Å². The average molecular weight is 255 g/mol. The van der Waals surface area contributed by atoms with E-state index >= 15 is 0 Å². The van der Waals surface area contributed by atoms with Crippen molar-refractivity contribution >= 4 is 5.97 Å². The van der Waals surface area contributed by atoms with E-state index in [-0.39, 0.29) is 18.1 Å². The first-order valence-electron chi connectivity index (χ1n) is 7.57. The zero-order valence-electron chi connectivity index (χ0n) is 12.2. The smallest absolute Gasteiger partial charge is 0.323 e. The highest BCUT2D eigenvalue weighted by Crippen LogP contribution is 2.17. The second-order valence-corrected chi connectivity index (χ2v) is 5.73. The zero-order chi connectivity index (χ0) is 13.4. The Morgan fingerprint density at radius 2 is 2.17 bits per heavy atom. The minimum Gasteiger partial charge on any atom is -0.462 e. The van der Waals surface area contributed by atoms with Gasteiger partial charge in [0.1, 0.15) is 6.04 Å². The van der Waals surface area contributed by atoms with Gasteiger partial charge in [-0.3, -0.25) is 4.79 Å². The van der Waals surface area contributed by atoms with Crippen molar-refractivity contribution in [2.75, 3.05) is 6.54 Å². The summed E-state index contributed by atoms with van der Waals surface area (Å²) in [6.45, 7) is 7.36. The van der Waals surface area contributed by atoms with Gasteiger partial charge in [-0.25, -0.2) is 0 Å². The lowest BCUT2D eigenvalue weighted by Gasteiger charge is -2.27. The molecule has 3 atom stereocenters. The fraction of sp³-hybridized carbons (Fsp3) is 0.933. The molecule has 1 rings (SSSR count). The maximum Gasteiger partial charge on any atom is 0.323 e. The summed E-state index contributed by atoms with van der Waals surface area (Å²) >= 11 is 0. The minimum atomic E-state index is -0.0770. The quantitative estimate of drug-likeness (QED) is 0.560.